The predicted octanol–water partition coefficient (Wildman–Crippen LogP) is 5.56. The molecule has 0 spiro atoms. The van der Waals surface area contributed by atoms with Gasteiger partial charge in [-0.2, -0.15) is 13.2 Å². The molecule has 1 aromatic carbocycles. The highest BCUT2D eigenvalue weighted by atomic mass is 19.4. The number of likely N-dealkylation sites (tertiary alicyclic amines) is 2. The molecule has 2 heterocycles. The number of nitrogens with zero attached hydrogens (tertiary/aromatic N) is 3. The number of carbonyl (C=O) groups excluding carboxylic acids is 1. The Morgan fingerprint density at radius 1 is 1.03 bits per heavy atom. The van der Waals surface area contributed by atoms with E-state index in [1.807, 2.05) is 20.8 Å². The van der Waals surface area contributed by atoms with Crippen LogP contribution in [0, 0.1) is 5.92 Å². The topological polar surface area (TPSA) is 54.4 Å². The molecule has 34 heavy (non-hydrogen) atoms. The Hall–Kier alpha value is -2.29. The number of oxime groups is 1. The van der Waals surface area contributed by atoms with E-state index in [1.165, 1.54) is 19.2 Å². The minimum atomic E-state index is -4.36. The number of ether oxygens (including phenoxy) is 1. The van der Waals surface area contributed by atoms with Crippen molar-refractivity contribution in [2.75, 3.05) is 33.3 Å². The number of rotatable bonds is 4. The third-order valence-electron chi connectivity index (χ3n) is 6.84. The van der Waals surface area contributed by atoms with Crippen LogP contribution in [0.5, 0.6) is 0 Å². The maximum Gasteiger partial charge on any atom is 0.416 e. The lowest BCUT2D eigenvalue weighted by molar-refractivity contribution is -0.137. The van der Waals surface area contributed by atoms with Crippen LogP contribution in [0.1, 0.15) is 64.5 Å². The number of alkyl halides is 3. The van der Waals surface area contributed by atoms with Gasteiger partial charge in [-0.25, -0.2) is 4.79 Å². The number of amides is 1. The minimum Gasteiger partial charge on any atom is -0.444 e. The van der Waals surface area contributed by atoms with E-state index < -0.39 is 17.3 Å². The predicted molar refractivity (Wildman–Crippen MR) is 125 cm³/mol. The second kappa shape index (κ2) is 10.1. The van der Waals surface area contributed by atoms with E-state index in [2.05, 4.69) is 17.0 Å². The second-order valence-corrected chi connectivity index (χ2v) is 10.5. The Morgan fingerprint density at radius 2 is 1.59 bits per heavy atom. The van der Waals surface area contributed by atoms with Crippen molar-refractivity contribution in [3.63, 3.8) is 0 Å². The van der Waals surface area contributed by atoms with Gasteiger partial charge in [-0.05, 0) is 84.2 Å². The summed E-state index contributed by atoms with van der Waals surface area (Å²) in [5, 5.41) is 4.18. The zero-order chi connectivity index (χ0) is 25.1. The summed E-state index contributed by atoms with van der Waals surface area (Å²) < 4.78 is 44.3. The van der Waals surface area contributed by atoms with Crippen LogP contribution in [0.25, 0.3) is 0 Å². The molecule has 190 valence electrons. The van der Waals surface area contributed by atoms with Crippen LogP contribution in [-0.4, -0.2) is 66.0 Å². The first-order valence-electron chi connectivity index (χ1n) is 11.8. The molecule has 2 aliphatic rings. The number of piperidine rings is 2. The van der Waals surface area contributed by atoms with Crippen LogP contribution in [-0.2, 0) is 15.8 Å². The fourth-order valence-corrected chi connectivity index (χ4v) is 4.80. The van der Waals surface area contributed by atoms with Gasteiger partial charge in [0, 0.05) is 24.5 Å². The van der Waals surface area contributed by atoms with Crippen molar-refractivity contribution >= 4 is 11.8 Å². The van der Waals surface area contributed by atoms with Gasteiger partial charge < -0.3 is 14.5 Å². The molecule has 3 rings (SSSR count). The van der Waals surface area contributed by atoms with Gasteiger partial charge in [0.25, 0.3) is 0 Å². The number of carbonyl (C=O) groups is 1. The molecule has 2 fully saturated rings. The van der Waals surface area contributed by atoms with Gasteiger partial charge in [0.1, 0.15) is 12.7 Å². The van der Waals surface area contributed by atoms with E-state index in [4.69, 9.17) is 9.57 Å². The summed E-state index contributed by atoms with van der Waals surface area (Å²) in [6.45, 7) is 10.9. The van der Waals surface area contributed by atoms with Crippen LogP contribution in [0.2, 0.25) is 0 Å². The summed E-state index contributed by atoms with van der Waals surface area (Å²) in [6, 6.07) is 5.13. The minimum absolute atomic E-state index is 0.00357. The Balaban J connectivity index is 1.59. The number of halogens is 3. The van der Waals surface area contributed by atoms with Crippen molar-refractivity contribution in [2.24, 2.45) is 11.1 Å². The summed E-state index contributed by atoms with van der Waals surface area (Å²) in [6.07, 6.45) is -1.20. The maximum atomic E-state index is 12.9. The SMILES string of the molecule is CO/N=C(/c1ccc(C(F)(F)F)cc1)C1CCN(C2(C)CCN(C(=O)OC(C)(C)C)CC2)CC1. The van der Waals surface area contributed by atoms with Gasteiger partial charge in [0.15, 0.2) is 0 Å². The van der Waals surface area contributed by atoms with Crippen molar-refractivity contribution < 1.29 is 27.5 Å². The molecule has 0 aromatic heterocycles. The zero-order valence-electron chi connectivity index (χ0n) is 20.7. The van der Waals surface area contributed by atoms with E-state index in [-0.39, 0.29) is 17.6 Å². The van der Waals surface area contributed by atoms with Gasteiger partial charge in [0.05, 0.1) is 11.3 Å². The first-order valence-corrected chi connectivity index (χ1v) is 11.8. The molecule has 9 heteroatoms. The summed E-state index contributed by atoms with van der Waals surface area (Å²) >= 11 is 0. The van der Waals surface area contributed by atoms with Crippen molar-refractivity contribution in [3.8, 4) is 0 Å². The van der Waals surface area contributed by atoms with Gasteiger partial charge in [-0.1, -0.05) is 17.3 Å². The van der Waals surface area contributed by atoms with E-state index in [0.29, 0.717) is 24.4 Å². The maximum absolute atomic E-state index is 12.9. The van der Waals surface area contributed by atoms with E-state index in [1.54, 1.807) is 4.90 Å². The molecule has 1 aromatic rings. The quantitative estimate of drug-likeness (QED) is 0.416. The van der Waals surface area contributed by atoms with Gasteiger partial charge >= 0.3 is 12.3 Å². The third-order valence-corrected chi connectivity index (χ3v) is 6.84. The van der Waals surface area contributed by atoms with E-state index in [9.17, 15) is 18.0 Å². The summed E-state index contributed by atoms with van der Waals surface area (Å²) in [7, 11) is 1.46. The fourth-order valence-electron chi connectivity index (χ4n) is 4.80. The molecule has 0 unspecified atom stereocenters. The smallest absolute Gasteiger partial charge is 0.416 e. The average Bonchev–Trinajstić information content (AvgIpc) is 2.76. The Kier molecular flexibility index (Phi) is 7.85. The Morgan fingerprint density at radius 3 is 2.06 bits per heavy atom. The van der Waals surface area contributed by atoms with Gasteiger partial charge in [-0.3, -0.25) is 4.90 Å². The van der Waals surface area contributed by atoms with E-state index >= 15 is 0 Å². The molecule has 0 aliphatic carbocycles. The highest BCUT2D eigenvalue weighted by molar-refractivity contribution is 6.02. The van der Waals surface area contributed by atoms with Gasteiger partial charge in [-0.15, -0.1) is 0 Å². The van der Waals surface area contributed by atoms with Gasteiger partial charge in [0.2, 0.25) is 0 Å². The Bertz CT molecular complexity index is 862. The van der Waals surface area contributed by atoms with E-state index in [0.717, 1.165) is 50.9 Å². The Labute approximate surface area is 200 Å². The zero-order valence-corrected chi connectivity index (χ0v) is 20.7. The molecule has 0 saturated carbocycles. The lowest BCUT2D eigenvalue weighted by atomic mass is 9.82. The molecule has 1 amide bonds. The molecular formula is C25H36F3N3O3. The number of benzene rings is 1. The molecule has 6 nitrogen and oxygen atoms in total. The molecule has 0 bridgehead atoms. The molecule has 0 radical (unpaired) electrons. The van der Waals surface area contributed by atoms with Crippen LogP contribution in [0.4, 0.5) is 18.0 Å². The first kappa shape index (κ1) is 26.3. The van der Waals surface area contributed by atoms with Crippen molar-refractivity contribution in [2.45, 2.75) is 70.7 Å². The summed E-state index contributed by atoms with van der Waals surface area (Å²) in [5.74, 6) is 0.110. The number of hydrogen-bond donors (Lipinski definition) is 0. The van der Waals surface area contributed by atoms with Crippen molar-refractivity contribution in [3.05, 3.63) is 35.4 Å². The standard InChI is InChI=1S/C25H36F3N3O3/c1-23(2,3)34-22(32)30-16-12-24(4,13-17-30)31-14-10-19(11-15-31)21(29-33-5)18-6-8-20(9-7-18)25(26,27)28/h6-9,19H,10-17H2,1-5H3/b29-21-. The lowest BCUT2D eigenvalue weighted by Crippen LogP contribution is -2.57. The van der Waals surface area contributed by atoms with Crippen LogP contribution in [0.3, 0.4) is 0 Å². The highest BCUT2D eigenvalue weighted by Gasteiger charge is 2.40. The van der Waals surface area contributed by atoms with Crippen LogP contribution >= 0.6 is 0 Å². The second-order valence-electron chi connectivity index (χ2n) is 10.5. The van der Waals surface area contributed by atoms with Crippen molar-refractivity contribution in [1.29, 1.82) is 0 Å². The van der Waals surface area contributed by atoms with Crippen LogP contribution in [0.15, 0.2) is 29.4 Å². The third kappa shape index (κ3) is 6.43. The largest absolute Gasteiger partial charge is 0.444 e. The lowest BCUT2D eigenvalue weighted by Gasteiger charge is -2.49. The molecule has 0 N–H and O–H groups in total. The molecule has 2 saturated heterocycles. The summed E-state index contributed by atoms with van der Waals surface area (Å²) in [5.41, 5.74) is 0.171. The monoisotopic (exact) mass is 483 g/mol. The number of hydrogen-bond acceptors (Lipinski definition) is 5. The average molecular weight is 484 g/mol. The molecule has 0 atom stereocenters. The van der Waals surface area contributed by atoms with Crippen molar-refractivity contribution in [1.82, 2.24) is 9.80 Å². The normalized spacial score (nSPS) is 20.8. The van der Waals surface area contributed by atoms with Crippen LogP contribution < -0.4 is 0 Å². The fraction of sp³-hybridized carbons (Fsp3) is 0.680. The highest BCUT2D eigenvalue weighted by Crippen LogP contribution is 2.35. The molecule has 2 aliphatic heterocycles. The molecular weight excluding hydrogens is 447 g/mol. The first-order chi connectivity index (χ1) is 15.8. The summed E-state index contributed by atoms with van der Waals surface area (Å²) in [4.78, 5) is 21.7.